The molecule has 1 aromatic carbocycles. The van der Waals surface area contributed by atoms with Gasteiger partial charge in [-0.1, -0.05) is 35.4 Å². The Bertz CT molecular complexity index is 840. The monoisotopic (exact) mass is 447 g/mol. The van der Waals surface area contributed by atoms with Gasteiger partial charge < -0.3 is 25.0 Å². The highest BCUT2D eigenvalue weighted by Gasteiger charge is 2.31. The third-order valence-electron chi connectivity index (χ3n) is 4.18. The number of benzene rings is 1. The van der Waals surface area contributed by atoms with E-state index in [9.17, 15) is 19.2 Å². The topological polar surface area (TPSA) is 114 Å². The molecule has 0 saturated carbocycles. The first-order valence-corrected chi connectivity index (χ1v) is 10.2. The number of nitrogens with zero attached hydrogens (tertiary/aromatic N) is 1. The molecule has 0 bridgehead atoms. The lowest BCUT2D eigenvalue weighted by Gasteiger charge is -2.31. The van der Waals surface area contributed by atoms with Gasteiger partial charge in [0.05, 0.1) is 7.11 Å². The fourth-order valence-corrected chi connectivity index (χ4v) is 3.02. The number of hydrogen-bond donors (Lipinski definition) is 2. The van der Waals surface area contributed by atoms with Crippen molar-refractivity contribution in [3.8, 4) is 0 Å². The molecule has 2 N–H and O–H groups in total. The first-order chi connectivity index (χ1) is 14.9. The van der Waals surface area contributed by atoms with Crippen molar-refractivity contribution >= 4 is 23.9 Å². The second kappa shape index (κ2) is 11.9. The Labute approximate surface area is 189 Å². The Balaban J connectivity index is 3.21. The van der Waals surface area contributed by atoms with Crippen molar-refractivity contribution in [2.75, 3.05) is 26.7 Å². The standard InChI is InChI=1S/C23H33N3O6/c1-8-9-26(18(27)13-25-22(30)32-23(4,5)6)20(21(29)24-14-19(28)31-7)17-11-15(2)10-16(3)12-17/h8,10-12,20H,1,9,13-14H2,2-7H3,(H,24,29)(H,25,30). The average Bonchev–Trinajstić information content (AvgIpc) is 2.67. The minimum Gasteiger partial charge on any atom is -0.468 e. The summed E-state index contributed by atoms with van der Waals surface area (Å²) in [5.41, 5.74) is 1.66. The van der Waals surface area contributed by atoms with Crippen LogP contribution >= 0.6 is 0 Å². The number of rotatable bonds is 9. The first kappa shape index (κ1) is 26.7. The third-order valence-corrected chi connectivity index (χ3v) is 4.18. The zero-order valence-electron chi connectivity index (χ0n) is 19.6. The molecule has 0 aliphatic carbocycles. The van der Waals surface area contributed by atoms with Crippen molar-refractivity contribution in [1.29, 1.82) is 0 Å². The molecular formula is C23H33N3O6. The summed E-state index contributed by atoms with van der Waals surface area (Å²) in [6.07, 6.45) is 0.733. The fraction of sp³-hybridized carbons (Fsp3) is 0.478. The van der Waals surface area contributed by atoms with Crippen molar-refractivity contribution in [1.82, 2.24) is 15.5 Å². The molecule has 0 radical (unpaired) electrons. The molecular weight excluding hydrogens is 414 g/mol. The van der Waals surface area contributed by atoms with Crippen LogP contribution in [0.4, 0.5) is 4.79 Å². The minimum absolute atomic E-state index is 0.0398. The number of nitrogens with one attached hydrogen (secondary N) is 2. The van der Waals surface area contributed by atoms with E-state index in [0.29, 0.717) is 5.56 Å². The van der Waals surface area contributed by atoms with Crippen molar-refractivity contribution in [3.05, 3.63) is 47.5 Å². The predicted molar refractivity (Wildman–Crippen MR) is 120 cm³/mol. The molecule has 3 amide bonds. The summed E-state index contributed by atoms with van der Waals surface area (Å²) < 4.78 is 9.73. The van der Waals surface area contributed by atoms with Crippen LogP contribution in [0.5, 0.6) is 0 Å². The quantitative estimate of drug-likeness (QED) is 0.443. The molecule has 0 aromatic heterocycles. The van der Waals surface area contributed by atoms with E-state index in [1.807, 2.05) is 19.9 Å². The second-order valence-corrected chi connectivity index (χ2v) is 8.31. The number of ether oxygens (including phenoxy) is 2. The lowest BCUT2D eigenvalue weighted by molar-refractivity contribution is -0.143. The second-order valence-electron chi connectivity index (χ2n) is 8.31. The van der Waals surface area contributed by atoms with Crippen LogP contribution in [0.3, 0.4) is 0 Å². The van der Waals surface area contributed by atoms with Crippen molar-refractivity contribution < 1.29 is 28.7 Å². The maximum atomic E-state index is 13.1. The Kier molecular flexibility index (Phi) is 9.90. The van der Waals surface area contributed by atoms with Gasteiger partial charge in [0.1, 0.15) is 24.7 Å². The Morgan fingerprint density at radius 2 is 1.66 bits per heavy atom. The first-order valence-electron chi connectivity index (χ1n) is 10.2. The van der Waals surface area contributed by atoms with Crippen LogP contribution in [0, 0.1) is 13.8 Å². The van der Waals surface area contributed by atoms with Gasteiger partial charge in [0.25, 0.3) is 0 Å². The minimum atomic E-state index is -1.05. The lowest BCUT2D eigenvalue weighted by Crippen LogP contribution is -2.48. The summed E-state index contributed by atoms with van der Waals surface area (Å²) in [5, 5.41) is 4.92. The molecule has 9 heteroatoms. The maximum absolute atomic E-state index is 13.1. The summed E-state index contributed by atoms with van der Waals surface area (Å²) in [5.74, 6) is -1.70. The number of carbonyl (C=O) groups excluding carboxylic acids is 4. The predicted octanol–water partition coefficient (Wildman–Crippen LogP) is 2.17. The number of methoxy groups -OCH3 is 1. The molecule has 9 nitrogen and oxygen atoms in total. The summed E-state index contributed by atoms with van der Waals surface area (Å²) >= 11 is 0. The summed E-state index contributed by atoms with van der Waals surface area (Å²) in [4.78, 5) is 50.9. The van der Waals surface area contributed by atoms with Crippen molar-refractivity contribution in [2.45, 2.75) is 46.3 Å². The highest BCUT2D eigenvalue weighted by Crippen LogP contribution is 2.24. The normalized spacial score (nSPS) is 11.7. The molecule has 0 spiro atoms. The van der Waals surface area contributed by atoms with Gasteiger partial charge in [-0.3, -0.25) is 14.4 Å². The summed E-state index contributed by atoms with van der Waals surface area (Å²) in [6.45, 7) is 11.9. The van der Waals surface area contributed by atoms with E-state index in [-0.39, 0.29) is 19.6 Å². The number of esters is 1. The van der Waals surface area contributed by atoms with E-state index in [4.69, 9.17) is 4.74 Å². The highest BCUT2D eigenvalue weighted by molar-refractivity contribution is 5.92. The Hall–Kier alpha value is -3.36. The van der Waals surface area contributed by atoms with Crippen LogP contribution in [-0.2, 0) is 23.9 Å². The van der Waals surface area contributed by atoms with E-state index in [1.54, 1.807) is 32.9 Å². The van der Waals surface area contributed by atoms with Crippen LogP contribution in [0.25, 0.3) is 0 Å². The lowest BCUT2D eigenvalue weighted by atomic mass is 9.99. The largest absolute Gasteiger partial charge is 0.468 e. The Morgan fingerprint density at radius 1 is 1.06 bits per heavy atom. The molecule has 1 aromatic rings. The zero-order valence-corrected chi connectivity index (χ0v) is 19.6. The van der Waals surface area contributed by atoms with E-state index < -0.39 is 35.5 Å². The summed E-state index contributed by atoms with van der Waals surface area (Å²) in [7, 11) is 1.21. The van der Waals surface area contributed by atoms with Crippen LogP contribution in [-0.4, -0.2) is 61.1 Å². The van der Waals surface area contributed by atoms with Gasteiger partial charge in [0.2, 0.25) is 11.8 Å². The van der Waals surface area contributed by atoms with E-state index in [0.717, 1.165) is 11.1 Å². The van der Waals surface area contributed by atoms with Crippen LogP contribution in [0.1, 0.15) is 43.5 Å². The number of hydrogen-bond acceptors (Lipinski definition) is 6. The van der Waals surface area contributed by atoms with Crippen LogP contribution < -0.4 is 10.6 Å². The smallest absolute Gasteiger partial charge is 0.408 e. The highest BCUT2D eigenvalue weighted by atomic mass is 16.6. The van der Waals surface area contributed by atoms with Gasteiger partial charge in [-0.25, -0.2) is 4.79 Å². The molecule has 0 aliphatic rings. The maximum Gasteiger partial charge on any atom is 0.408 e. The van der Waals surface area contributed by atoms with Crippen LogP contribution in [0.2, 0.25) is 0 Å². The van der Waals surface area contributed by atoms with E-state index >= 15 is 0 Å². The average molecular weight is 448 g/mol. The molecule has 0 fully saturated rings. The molecule has 32 heavy (non-hydrogen) atoms. The number of aryl methyl sites for hydroxylation is 2. The molecule has 1 atom stereocenters. The number of alkyl carbamates (subject to hydrolysis) is 1. The molecule has 0 aliphatic heterocycles. The summed E-state index contributed by atoms with van der Waals surface area (Å²) in [6, 6.07) is 4.47. The van der Waals surface area contributed by atoms with Gasteiger partial charge in [-0.15, -0.1) is 6.58 Å². The third kappa shape index (κ3) is 8.79. The van der Waals surface area contributed by atoms with E-state index in [1.165, 1.54) is 18.1 Å². The van der Waals surface area contributed by atoms with Gasteiger partial charge in [0, 0.05) is 6.54 Å². The van der Waals surface area contributed by atoms with E-state index in [2.05, 4.69) is 21.9 Å². The number of amides is 3. The molecule has 1 rings (SSSR count). The molecule has 0 saturated heterocycles. The number of carbonyl (C=O) groups is 4. The van der Waals surface area contributed by atoms with Gasteiger partial charge in [-0.2, -0.15) is 0 Å². The molecule has 1 unspecified atom stereocenters. The zero-order chi connectivity index (χ0) is 24.5. The Morgan fingerprint density at radius 3 is 2.16 bits per heavy atom. The fourth-order valence-electron chi connectivity index (χ4n) is 3.02. The molecule has 0 heterocycles. The SMILES string of the molecule is C=CCN(C(=O)CNC(=O)OC(C)(C)C)C(C(=O)NCC(=O)OC)c1cc(C)cc(C)c1. The van der Waals surface area contributed by atoms with Gasteiger partial charge >= 0.3 is 12.1 Å². The van der Waals surface area contributed by atoms with Gasteiger partial charge in [-0.05, 0) is 40.2 Å². The van der Waals surface area contributed by atoms with Crippen LogP contribution in [0.15, 0.2) is 30.9 Å². The van der Waals surface area contributed by atoms with Crippen molar-refractivity contribution in [2.24, 2.45) is 0 Å². The van der Waals surface area contributed by atoms with Gasteiger partial charge in [0.15, 0.2) is 0 Å². The van der Waals surface area contributed by atoms with Crippen molar-refractivity contribution in [3.63, 3.8) is 0 Å². The molecule has 176 valence electrons.